The van der Waals surface area contributed by atoms with Gasteiger partial charge in [-0.05, 0) is 19.1 Å². The van der Waals surface area contributed by atoms with Crippen molar-refractivity contribution in [1.29, 1.82) is 5.26 Å². The highest BCUT2D eigenvalue weighted by molar-refractivity contribution is 6.35. The third-order valence-corrected chi connectivity index (χ3v) is 4.96. The zero-order chi connectivity index (χ0) is 23.9. The highest BCUT2D eigenvalue weighted by atomic mass is 35.5. The average molecular weight is 476 g/mol. The van der Waals surface area contributed by atoms with Crippen LogP contribution in [0.25, 0.3) is 16.6 Å². The van der Waals surface area contributed by atoms with Crippen LogP contribution in [0.5, 0.6) is 0 Å². The quantitative estimate of drug-likeness (QED) is 0.398. The van der Waals surface area contributed by atoms with Crippen LogP contribution in [0.1, 0.15) is 36.5 Å². The lowest BCUT2D eigenvalue weighted by molar-refractivity contribution is 0.146. The van der Waals surface area contributed by atoms with Crippen molar-refractivity contribution in [3.63, 3.8) is 0 Å². The van der Waals surface area contributed by atoms with Crippen molar-refractivity contribution in [3.8, 4) is 11.8 Å². The van der Waals surface area contributed by atoms with Crippen molar-refractivity contribution < 1.29 is 13.2 Å². The predicted molar refractivity (Wildman–Crippen MR) is 113 cm³/mol. The second kappa shape index (κ2) is 8.40. The van der Waals surface area contributed by atoms with Crippen molar-refractivity contribution in [2.75, 3.05) is 11.1 Å². The molecule has 4 N–H and O–H groups in total. The van der Waals surface area contributed by atoms with E-state index in [1.54, 1.807) is 13.0 Å². The van der Waals surface area contributed by atoms with E-state index in [0.717, 1.165) is 16.7 Å². The molecule has 0 saturated heterocycles. The van der Waals surface area contributed by atoms with Gasteiger partial charge in [0.15, 0.2) is 5.82 Å². The number of nitrogens with two attached hydrogens (primary N) is 1. The fraction of sp³-hybridized carbons (Fsp3) is 0.158. The van der Waals surface area contributed by atoms with Gasteiger partial charge in [-0.3, -0.25) is 14.5 Å². The molecular formula is C19H13ClF3N9O. The van der Waals surface area contributed by atoms with E-state index in [0.29, 0.717) is 0 Å². The van der Waals surface area contributed by atoms with Gasteiger partial charge in [0.2, 0.25) is 5.95 Å². The number of nitrogens with zero attached hydrogens (tertiary/aromatic N) is 6. The molecule has 0 amide bonds. The number of alkyl halides is 2. The van der Waals surface area contributed by atoms with Gasteiger partial charge in [-0.25, -0.2) is 23.1 Å². The Morgan fingerprint density at radius 2 is 2.06 bits per heavy atom. The van der Waals surface area contributed by atoms with Crippen molar-refractivity contribution in [2.24, 2.45) is 0 Å². The molecule has 1 aromatic carbocycles. The van der Waals surface area contributed by atoms with Crippen LogP contribution < -0.4 is 16.6 Å². The van der Waals surface area contributed by atoms with Gasteiger partial charge in [-0.1, -0.05) is 11.6 Å². The number of fused-ring (bicyclic) bond motifs is 1. The molecule has 0 radical (unpaired) electrons. The van der Waals surface area contributed by atoms with E-state index in [1.807, 2.05) is 0 Å². The first-order chi connectivity index (χ1) is 15.7. The lowest BCUT2D eigenvalue weighted by atomic mass is 10.2. The normalized spacial score (nSPS) is 12.2. The van der Waals surface area contributed by atoms with E-state index in [1.165, 1.54) is 12.4 Å². The summed E-state index contributed by atoms with van der Waals surface area (Å²) in [7, 11) is 0. The summed E-state index contributed by atoms with van der Waals surface area (Å²) >= 11 is 6.12. The Morgan fingerprint density at radius 1 is 1.30 bits per heavy atom. The molecule has 1 atom stereocenters. The molecule has 0 bridgehead atoms. The van der Waals surface area contributed by atoms with Crippen LogP contribution in [0, 0.1) is 17.1 Å². The molecule has 4 rings (SSSR count). The second-order valence-corrected chi connectivity index (χ2v) is 7.23. The first-order valence-corrected chi connectivity index (χ1v) is 9.62. The third kappa shape index (κ3) is 3.92. The summed E-state index contributed by atoms with van der Waals surface area (Å²) in [6, 6.07) is 2.75. The summed E-state index contributed by atoms with van der Waals surface area (Å²) < 4.78 is 41.8. The minimum atomic E-state index is -3.07. The maximum absolute atomic E-state index is 13.9. The molecule has 3 heterocycles. The van der Waals surface area contributed by atoms with Crippen LogP contribution in [0.4, 0.5) is 24.9 Å². The third-order valence-electron chi connectivity index (χ3n) is 4.67. The molecule has 0 saturated carbocycles. The molecule has 0 spiro atoms. The van der Waals surface area contributed by atoms with Gasteiger partial charge in [0.1, 0.15) is 29.0 Å². The molecule has 4 aromatic rings. The molecule has 0 fully saturated rings. The van der Waals surface area contributed by atoms with Gasteiger partial charge in [-0.2, -0.15) is 15.3 Å². The average Bonchev–Trinajstić information content (AvgIpc) is 3.28. The second-order valence-electron chi connectivity index (χ2n) is 6.82. The van der Waals surface area contributed by atoms with Crippen molar-refractivity contribution in [3.05, 3.63) is 62.8 Å². The van der Waals surface area contributed by atoms with Gasteiger partial charge in [-0.15, -0.1) is 0 Å². The summed E-state index contributed by atoms with van der Waals surface area (Å²) in [6.45, 7) is 1.54. The van der Waals surface area contributed by atoms with E-state index in [9.17, 15) is 23.2 Å². The molecule has 3 aromatic heterocycles. The molecule has 14 heteroatoms. The number of nitrogen functional groups attached to an aromatic ring is 1. The molecule has 0 unspecified atom stereocenters. The van der Waals surface area contributed by atoms with Gasteiger partial charge >= 0.3 is 0 Å². The number of hydrogen-bond acceptors (Lipinski definition) is 8. The Hall–Kier alpha value is -4.18. The maximum atomic E-state index is 13.9. The molecular weight excluding hydrogens is 463 g/mol. The van der Waals surface area contributed by atoms with Crippen LogP contribution in [-0.2, 0) is 0 Å². The zero-order valence-corrected chi connectivity index (χ0v) is 17.4. The summed E-state index contributed by atoms with van der Waals surface area (Å²) in [5.41, 5.74) is 3.84. The maximum Gasteiger partial charge on any atom is 0.281 e. The molecule has 168 valence electrons. The van der Waals surface area contributed by atoms with Crippen LogP contribution in [-0.4, -0.2) is 29.7 Å². The number of aromatic nitrogens is 6. The number of aromatic amines is 1. The Morgan fingerprint density at radius 3 is 2.70 bits per heavy atom. The van der Waals surface area contributed by atoms with E-state index >= 15 is 0 Å². The number of nitrogens with one attached hydrogen (secondary N) is 2. The number of benzene rings is 1. The summed E-state index contributed by atoms with van der Waals surface area (Å²) in [5.74, 6) is -1.41. The smallest absolute Gasteiger partial charge is 0.281 e. The van der Waals surface area contributed by atoms with Gasteiger partial charge in [0.25, 0.3) is 12.0 Å². The lowest BCUT2D eigenvalue weighted by Crippen LogP contribution is -2.27. The first-order valence-electron chi connectivity index (χ1n) is 9.24. The first kappa shape index (κ1) is 22.0. The van der Waals surface area contributed by atoms with Crippen molar-refractivity contribution in [1.82, 2.24) is 29.7 Å². The minimum Gasteiger partial charge on any atom is -0.368 e. The standard InChI is InChI=1S/C19H13ClF3N9O/c1-7(28-16-11(4-24)14(15(22)23)30-19(25)31-16)17-29-13-10(2-8(21)3-12(13)20)18(33)32(17)9-5-26-27-6-9/h2-3,5-7,15H,1H3,(H,26,27)(H3,25,28,30,31)/t7-/m0/s1. The number of halogens is 4. The lowest BCUT2D eigenvalue weighted by Gasteiger charge is -2.20. The Bertz CT molecular complexity index is 1460. The zero-order valence-electron chi connectivity index (χ0n) is 16.6. The summed E-state index contributed by atoms with van der Waals surface area (Å²) in [5, 5.41) is 18.4. The van der Waals surface area contributed by atoms with E-state index in [2.05, 4.69) is 30.5 Å². The molecule has 0 aliphatic carbocycles. The summed E-state index contributed by atoms with van der Waals surface area (Å²) in [6.07, 6.45) is -0.327. The van der Waals surface area contributed by atoms with Gasteiger partial charge in [0, 0.05) is 6.20 Å². The molecule has 33 heavy (non-hydrogen) atoms. The van der Waals surface area contributed by atoms with E-state index in [4.69, 9.17) is 17.3 Å². The Labute approximate surface area is 187 Å². The molecule has 0 aliphatic rings. The van der Waals surface area contributed by atoms with Crippen LogP contribution in [0.3, 0.4) is 0 Å². The number of nitriles is 1. The number of anilines is 2. The predicted octanol–water partition coefficient (Wildman–Crippen LogP) is 3.26. The van der Waals surface area contributed by atoms with Crippen LogP contribution >= 0.6 is 11.6 Å². The Kier molecular flexibility index (Phi) is 5.60. The number of hydrogen-bond donors (Lipinski definition) is 3. The topological polar surface area (TPSA) is 151 Å². The Balaban J connectivity index is 1.93. The molecule has 10 nitrogen and oxygen atoms in total. The fourth-order valence-electron chi connectivity index (χ4n) is 3.28. The highest BCUT2D eigenvalue weighted by Crippen LogP contribution is 2.29. The van der Waals surface area contributed by atoms with Crippen molar-refractivity contribution in [2.45, 2.75) is 19.4 Å². The monoisotopic (exact) mass is 475 g/mol. The largest absolute Gasteiger partial charge is 0.368 e. The van der Waals surface area contributed by atoms with Crippen LogP contribution in [0.15, 0.2) is 29.3 Å². The van der Waals surface area contributed by atoms with E-state index < -0.39 is 41.0 Å². The van der Waals surface area contributed by atoms with Gasteiger partial charge < -0.3 is 11.1 Å². The summed E-state index contributed by atoms with van der Waals surface area (Å²) in [4.78, 5) is 25.0. The number of rotatable bonds is 5. The van der Waals surface area contributed by atoms with Gasteiger partial charge in [0.05, 0.1) is 33.9 Å². The minimum absolute atomic E-state index is 0.0300. The fourth-order valence-corrected chi connectivity index (χ4v) is 3.52. The van der Waals surface area contributed by atoms with E-state index in [-0.39, 0.29) is 33.3 Å². The highest BCUT2D eigenvalue weighted by Gasteiger charge is 2.25. The SMILES string of the molecule is C[C@H](Nc1nc(N)nc(C(F)F)c1C#N)c1nc2c(Cl)cc(F)cc2c(=O)n1-c1cn[nH]c1. The molecule has 0 aliphatic heterocycles. The van der Waals surface area contributed by atoms with Crippen molar-refractivity contribution >= 4 is 34.3 Å². The number of H-pyrrole nitrogens is 1. The van der Waals surface area contributed by atoms with Crippen LogP contribution in [0.2, 0.25) is 5.02 Å².